The summed E-state index contributed by atoms with van der Waals surface area (Å²) < 4.78 is 21.2. The Kier molecular flexibility index (Phi) is 3.39. The highest BCUT2D eigenvalue weighted by atomic mass is 32.1. The summed E-state index contributed by atoms with van der Waals surface area (Å²) in [6, 6.07) is 3.72. The summed E-state index contributed by atoms with van der Waals surface area (Å²) in [6.45, 7) is 2.18. The lowest BCUT2D eigenvalue weighted by Gasteiger charge is -2.58. The van der Waals surface area contributed by atoms with E-state index in [1.54, 1.807) is 12.3 Å². The number of rotatable bonds is 1. The van der Waals surface area contributed by atoms with Crippen molar-refractivity contribution in [2.75, 3.05) is 13.1 Å². The van der Waals surface area contributed by atoms with Crippen molar-refractivity contribution in [1.82, 2.24) is 9.88 Å². The van der Waals surface area contributed by atoms with Crippen molar-refractivity contribution in [2.45, 2.75) is 51.5 Å². The van der Waals surface area contributed by atoms with Gasteiger partial charge >= 0.3 is 0 Å². The zero-order valence-electron chi connectivity index (χ0n) is 14.6. The van der Waals surface area contributed by atoms with Gasteiger partial charge < -0.3 is 4.74 Å². The van der Waals surface area contributed by atoms with Crippen molar-refractivity contribution in [1.29, 1.82) is 0 Å². The number of thiol groups is 3. The van der Waals surface area contributed by atoms with Gasteiger partial charge in [0, 0.05) is 63.6 Å². The van der Waals surface area contributed by atoms with Crippen molar-refractivity contribution < 1.29 is 9.13 Å². The lowest BCUT2D eigenvalue weighted by Crippen LogP contribution is -2.64. The maximum Gasteiger partial charge on any atom is 0.217 e. The number of fused-ring (bicyclic) bond motifs is 2. The average molecular weight is 419 g/mol. The molecule has 7 heteroatoms. The van der Waals surface area contributed by atoms with E-state index in [1.165, 1.54) is 25.8 Å². The molecular weight excluding hydrogens is 399 g/mol. The van der Waals surface area contributed by atoms with Gasteiger partial charge in [-0.2, -0.15) is 0 Å². The van der Waals surface area contributed by atoms with Crippen molar-refractivity contribution in [3.8, 4) is 17.0 Å². The third-order valence-corrected chi connectivity index (χ3v) is 8.86. The molecule has 3 fully saturated rings. The lowest BCUT2D eigenvalue weighted by molar-refractivity contribution is -0.0858. The summed E-state index contributed by atoms with van der Waals surface area (Å²) in [7, 11) is 0. The molecule has 0 amide bonds. The van der Waals surface area contributed by atoms with Crippen LogP contribution in [0.25, 0.3) is 11.1 Å². The van der Waals surface area contributed by atoms with E-state index >= 15 is 0 Å². The van der Waals surface area contributed by atoms with Gasteiger partial charge in [-0.1, -0.05) is 0 Å². The number of halogens is 1. The van der Waals surface area contributed by atoms with Gasteiger partial charge in [0.05, 0.1) is 4.90 Å². The summed E-state index contributed by atoms with van der Waals surface area (Å²) in [5.41, 5.74) is 2.53. The monoisotopic (exact) mass is 418 g/mol. The number of aromatic nitrogens is 1. The molecule has 140 valence electrons. The molecule has 3 atom stereocenters. The van der Waals surface area contributed by atoms with Crippen LogP contribution in [0.15, 0.2) is 33.0 Å². The van der Waals surface area contributed by atoms with Gasteiger partial charge in [-0.15, -0.1) is 37.9 Å². The first-order chi connectivity index (χ1) is 12.9. The molecule has 1 saturated carbocycles. The summed E-state index contributed by atoms with van der Waals surface area (Å²) in [5, 5.41) is 0. The Bertz CT molecular complexity index is 1010. The number of benzene rings is 1. The number of pyridine rings is 1. The minimum Gasteiger partial charge on any atom is -0.469 e. The van der Waals surface area contributed by atoms with Gasteiger partial charge in [-0.3, -0.25) is 4.90 Å². The van der Waals surface area contributed by atoms with E-state index in [9.17, 15) is 4.39 Å². The smallest absolute Gasteiger partial charge is 0.217 e. The molecule has 0 bridgehead atoms. The highest BCUT2D eigenvalue weighted by molar-refractivity contribution is 7.85. The molecule has 0 N–H and O–H groups in total. The third kappa shape index (κ3) is 2.04. The van der Waals surface area contributed by atoms with Crippen LogP contribution in [-0.2, 0) is 6.42 Å². The minimum atomic E-state index is -0.389. The van der Waals surface area contributed by atoms with Crippen LogP contribution in [0.4, 0.5) is 4.39 Å². The normalized spacial score (nSPS) is 33.1. The molecule has 27 heavy (non-hydrogen) atoms. The fraction of sp³-hybridized carbons (Fsp3) is 0.450. The summed E-state index contributed by atoms with van der Waals surface area (Å²) in [5.74, 6) is 0.927. The Labute approximate surface area is 173 Å². The van der Waals surface area contributed by atoms with Crippen LogP contribution in [0.3, 0.4) is 0 Å². The number of hydrogen-bond donors (Lipinski definition) is 3. The van der Waals surface area contributed by atoms with Gasteiger partial charge in [0.25, 0.3) is 0 Å². The molecule has 1 aromatic heterocycles. The first-order valence-corrected chi connectivity index (χ1v) is 10.6. The highest BCUT2D eigenvalue weighted by Gasteiger charge is 2.71. The summed E-state index contributed by atoms with van der Waals surface area (Å²) >= 11 is 12.9. The van der Waals surface area contributed by atoms with Crippen molar-refractivity contribution in [2.24, 2.45) is 5.92 Å². The Morgan fingerprint density at radius 1 is 1.19 bits per heavy atom. The first kappa shape index (κ1) is 17.0. The second-order valence-corrected chi connectivity index (χ2v) is 9.73. The molecule has 2 spiro atoms. The molecule has 4 heterocycles. The van der Waals surface area contributed by atoms with E-state index in [4.69, 9.17) is 4.74 Å². The van der Waals surface area contributed by atoms with Gasteiger partial charge in [-0.25, -0.2) is 9.37 Å². The SMILES string of the molecule is Fc1c(-c2cnc3c(c2)C[C@@]2(CN4CCC45CCC52)O3)cc(S)c(S)c1S. The first-order valence-electron chi connectivity index (χ1n) is 9.30. The largest absolute Gasteiger partial charge is 0.469 e. The van der Waals surface area contributed by atoms with Crippen molar-refractivity contribution in [3.63, 3.8) is 0 Å². The van der Waals surface area contributed by atoms with Crippen LogP contribution in [0.1, 0.15) is 24.8 Å². The van der Waals surface area contributed by atoms with E-state index < -0.39 is 0 Å². The van der Waals surface area contributed by atoms with Crippen molar-refractivity contribution >= 4 is 37.9 Å². The maximum atomic E-state index is 14.8. The molecule has 1 aliphatic carbocycles. The lowest BCUT2D eigenvalue weighted by atomic mass is 9.58. The molecular formula is C20H19FN2OS3. The Balaban J connectivity index is 1.39. The molecule has 3 nitrogen and oxygen atoms in total. The van der Waals surface area contributed by atoms with Crippen LogP contribution < -0.4 is 4.74 Å². The molecule has 2 saturated heterocycles. The van der Waals surface area contributed by atoms with Gasteiger partial charge in [0.2, 0.25) is 5.88 Å². The number of nitrogens with zero attached hydrogens (tertiary/aromatic N) is 2. The average Bonchev–Trinajstić information content (AvgIpc) is 3.01. The summed E-state index contributed by atoms with van der Waals surface area (Å²) in [6.07, 6.45) is 6.39. The maximum absolute atomic E-state index is 14.8. The predicted octanol–water partition coefficient (Wildman–Crippen LogP) is 4.30. The van der Waals surface area contributed by atoms with E-state index in [0.29, 0.717) is 32.7 Å². The Hall–Kier alpha value is -0.890. The molecule has 2 unspecified atom stereocenters. The standard InChI is InChI=1S/C20H19FN2OS3/c21-15-12(6-13(25)16(26)17(15)27)11-5-10-7-20(24-18(10)22-8-11)9-23-4-3-19(23)2-1-14(19)20/h5-6,8,14,25-27H,1-4,7,9H2/t14?,19?,20-/m0/s1. The molecule has 3 aliphatic heterocycles. The summed E-state index contributed by atoms with van der Waals surface area (Å²) in [4.78, 5) is 8.43. The predicted molar refractivity (Wildman–Crippen MR) is 110 cm³/mol. The molecule has 0 radical (unpaired) electrons. The van der Waals surface area contributed by atoms with Crippen LogP contribution in [-0.4, -0.2) is 34.1 Å². The van der Waals surface area contributed by atoms with E-state index in [2.05, 4.69) is 47.8 Å². The minimum absolute atomic E-state index is 0.139. The highest BCUT2D eigenvalue weighted by Crippen LogP contribution is 2.64. The second-order valence-electron chi connectivity index (χ2n) is 8.35. The Morgan fingerprint density at radius 2 is 2.04 bits per heavy atom. The Morgan fingerprint density at radius 3 is 2.70 bits per heavy atom. The van der Waals surface area contributed by atoms with Crippen molar-refractivity contribution in [3.05, 3.63) is 29.7 Å². The number of hydrogen-bond acceptors (Lipinski definition) is 6. The number of ether oxygens (including phenoxy) is 1. The topological polar surface area (TPSA) is 25.4 Å². The fourth-order valence-electron chi connectivity index (χ4n) is 5.81. The van der Waals surface area contributed by atoms with Gasteiger partial charge in [0.1, 0.15) is 11.4 Å². The molecule has 6 rings (SSSR count). The fourth-order valence-corrected chi connectivity index (χ4v) is 6.54. The van der Waals surface area contributed by atoms with Crippen LogP contribution in [0, 0.1) is 11.7 Å². The second kappa shape index (κ2) is 5.38. The van der Waals surface area contributed by atoms with Crippen LogP contribution in [0.5, 0.6) is 5.88 Å². The molecule has 4 aliphatic rings. The van der Waals surface area contributed by atoms with E-state index in [-0.39, 0.29) is 16.3 Å². The zero-order valence-corrected chi connectivity index (χ0v) is 17.3. The van der Waals surface area contributed by atoms with Crippen LogP contribution >= 0.6 is 37.9 Å². The van der Waals surface area contributed by atoms with Crippen LogP contribution in [0.2, 0.25) is 0 Å². The van der Waals surface area contributed by atoms with Gasteiger partial charge in [0.15, 0.2) is 0 Å². The quantitative estimate of drug-likeness (QED) is 0.603. The third-order valence-electron chi connectivity index (χ3n) is 7.27. The van der Waals surface area contributed by atoms with E-state index in [0.717, 1.165) is 24.1 Å². The van der Waals surface area contributed by atoms with E-state index in [1.807, 2.05) is 6.07 Å². The van der Waals surface area contributed by atoms with Gasteiger partial charge in [-0.05, 0) is 31.4 Å². The zero-order chi connectivity index (χ0) is 18.6. The molecule has 1 aromatic carbocycles. The molecule has 2 aromatic rings.